The van der Waals surface area contributed by atoms with E-state index in [9.17, 15) is 0 Å². The maximum Gasteiger partial charge on any atom is 0.124 e. The molecule has 0 saturated heterocycles. The van der Waals surface area contributed by atoms with Gasteiger partial charge < -0.3 is 9.88 Å². The Morgan fingerprint density at radius 2 is 2.00 bits per heavy atom. The molecule has 1 N–H and O–H groups in total. The average Bonchev–Trinajstić information content (AvgIpc) is 2.78. The van der Waals surface area contributed by atoms with Crippen molar-refractivity contribution < 1.29 is 0 Å². The van der Waals surface area contributed by atoms with Crippen LogP contribution in [-0.2, 0) is 6.54 Å². The normalized spacial score (nSPS) is 10.0. The van der Waals surface area contributed by atoms with Crippen molar-refractivity contribution in [3.63, 3.8) is 0 Å². The molecule has 0 aliphatic heterocycles. The van der Waals surface area contributed by atoms with Gasteiger partial charge in [0.05, 0.1) is 0 Å². The predicted molar refractivity (Wildman–Crippen MR) is 63.2 cm³/mol. The van der Waals surface area contributed by atoms with Crippen LogP contribution < -0.4 is 5.32 Å². The summed E-state index contributed by atoms with van der Waals surface area (Å²) in [5, 5.41) is 12.0. The molecule has 0 aliphatic carbocycles. The minimum absolute atomic E-state index is 0.654. The molecule has 0 spiro atoms. The monoisotopic (exact) mass is 211 g/mol. The van der Waals surface area contributed by atoms with Crippen LogP contribution in [0.1, 0.15) is 11.3 Å². The van der Waals surface area contributed by atoms with E-state index in [4.69, 9.17) is 5.26 Å². The van der Waals surface area contributed by atoms with Crippen molar-refractivity contribution in [2.24, 2.45) is 0 Å². The lowest BCUT2D eigenvalue weighted by molar-refractivity contribution is 0.817. The van der Waals surface area contributed by atoms with Crippen molar-refractivity contribution in [3.05, 3.63) is 53.9 Å². The van der Waals surface area contributed by atoms with E-state index in [0.717, 1.165) is 12.2 Å². The molecule has 0 radical (unpaired) electrons. The third-order valence-electron chi connectivity index (χ3n) is 2.46. The van der Waals surface area contributed by atoms with Crippen LogP contribution in [-0.4, -0.2) is 11.6 Å². The van der Waals surface area contributed by atoms with Gasteiger partial charge in [-0.3, -0.25) is 0 Å². The van der Waals surface area contributed by atoms with Crippen LogP contribution in [0.5, 0.6) is 0 Å². The maximum absolute atomic E-state index is 8.93. The lowest BCUT2D eigenvalue weighted by Crippen LogP contribution is -2.05. The SMILES string of the molecule is CNCc1ccc(-n2cccc2C#N)cc1. The molecule has 0 saturated carbocycles. The average molecular weight is 211 g/mol. The van der Waals surface area contributed by atoms with Gasteiger partial charge in [0.1, 0.15) is 11.8 Å². The highest BCUT2D eigenvalue weighted by molar-refractivity contribution is 5.40. The summed E-state index contributed by atoms with van der Waals surface area (Å²) in [5.41, 5.74) is 2.90. The van der Waals surface area contributed by atoms with Crippen molar-refractivity contribution in [1.29, 1.82) is 5.26 Å². The molecule has 0 fully saturated rings. The molecule has 16 heavy (non-hydrogen) atoms. The molecular formula is C13H13N3. The Balaban J connectivity index is 2.32. The molecule has 0 unspecified atom stereocenters. The summed E-state index contributed by atoms with van der Waals surface area (Å²) < 4.78 is 1.88. The second-order valence-electron chi connectivity index (χ2n) is 3.57. The highest BCUT2D eigenvalue weighted by atomic mass is 15.0. The summed E-state index contributed by atoms with van der Waals surface area (Å²) >= 11 is 0. The summed E-state index contributed by atoms with van der Waals surface area (Å²) in [5.74, 6) is 0. The first kappa shape index (κ1) is 10.5. The minimum Gasteiger partial charge on any atom is -0.316 e. The third-order valence-corrected chi connectivity index (χ3v) is 2.46. The first-order chi connectivity index (χ1) is 7.85. The van der Waals surface area contributed by atoms with Crippen LogP contribution in [0.25, 0.3) is 5.69 Å². The van der Waals surface area contributed by atoms with E-state index in [2.05, 4.69) is 23.5 Å². The summed E-state index contributed by atoms with van der Waals surface area (Å²) in [6.45, 7) is 0.858. The van der Waals surface area contributed by atoms with E-state index in [1.54, 1.807) is 0 Å². The lowest BCUT2D eigenvalue weighted by atomic mass is 10.2. The number of aromatic nitrogens is 1. The van der Waals surface area contributed by atoms with Gasteiger partial charge in [0, 0.05) is 18.4 Å². The molecule has 0 bridgehead atoms. The zero-order valence-electron chi connectivity index (χ0n) is 9.14. The Morgan fingerprint density at radius 1 is 1.25 bits per heavy atom. The molecule has 0 aliphatic rings. The highest BCUT2D eigenvalue weighted by Gasteiger charge is 2.01. The number of nitrogens with one attached hydrogen (secondary N) is 1. The summed E-state index contributed by atoms with van der Waals surface area (Å²) in [6.07, 6.45) is 1.89. The fourth-order valence-electron chi connectivity index (χ4n) is 1.68. The zero-order valence-corrected chi connectivity index (χ0v) is 9.14. The molecule has 3 nitrogen and oxygen atoms in total. The van der Waals surface area contributed by atoms with Crippen molar-refractivity contribution >= 4 is 0 Å². The number of benzene rings is 1. The second-order valence-corrected chi connectivity index (χ2v) is 3.57. The molecule has 1 aromatic heterocycles. The summed E-state index contributed by atoms with van der Waals surface area (Å²) in [7, 11) is 1.92. The van der Waals surface area contributed by atoms with E-state index in [1.807, 2.05) is 42.1 Å². The third kappa shape index (κ3) is 1.97. The van der Waals surface area contributed by atoms with Crippen LogP contribution in [0.2, 0.25) is 0 Å². The van der Waals surface area contributed by atoms with Crippen molar-refractivity contribution in [1.82, 2.24) is 9.88 Å². The van der Waals surface area contributed by atoms with Crippen LogP contribution in [0.15, 0.2) is 42.6 Å². The zero-order chi connectivity index (χ0) is 11.4. The van der Waals surface area contributed by atoms with Gasteiger partial charge in [-0.15, -0.1) is 0 Å². The topological polar surface area (TPSA) is 40.8 Å². The molecular weight excluding hydrogens is 198 g/mol. The molecule has 1 aromatic carbocycles. The van der Waals surface area contributed by atoms with Crippen LogP contribution in [0.4, 0.5) is 0 Å². The standard InChI is InChI=1S/C13H13N3/c1-15-10-11-4-6-12(7-5-11)16-8-2-3-13(16)9-14/h2-8,15H,10H2,1H3. The smallest absolute Gasteiger partial charge is 0.124 e. The first-order valence-corrected chi connectivity index (χ1v) is 5.16. The Kier molecular flexibility index (Phi) is 3.04. The Hall–Kier alpha value is -2.05. The van der Waals surface area contributed by atoms with Gasteiger partial charge >= 0.3 is 0 Å². The summed E-state index contributed by atoms with van der Waals surface area (Å²) in [4.78, 5) is 0. The molecule has 1 heterocycles. The van der Waals surface area contributed by atoms with E-state index in [1.165, 1.54) is 5.56 Å². The predicted octanol–water partition coefficient (Wildman–Crippen LogP) is 2.07. The number of hydrogen-bond donors (Lipinski definition) is 1. The summed E-state index contributed by atoms with van der Waals surface area (Å²) in [6, 6.07) is 14.0. The van der Waals surface area contributed by atoms with Gasteiger partial charge in [-0.05, 0) is 36.9 Å². The van der Waals surface area contributed by atoms with Crippen LogP contribution in [0.3, 0.4) is 0 Å². The largest absolute Gasteiger partial charge is 0.316 e. The Morgan fingerprint density at radius 3 is 2.62 bits per heavy atom. The Bertz CT molecular complexity index is 503. The fourth-order valence-corrected chi connectivity index (χ4v) is 1.68. The lowest BCUT2D eigenvalue weighted by Gasteiger charge is -2.06. The second kappa shape index (κ2) is 4.65. The number of nitriles is 1. The van der Waals surface area contributed by atoms with Crippen molar-refractivity contribution in [2.75, 3.05) is 7.05 Å². The van der Waals surface area contributed by atoms with Gasteiger partial charge in [-0.1, -0.05) is 12.1 Å². The van der Waals surface area contributed by atoms with E-state index < -0.39 is 0 Å². The van der Waals surface area contributed by atoms with Gasteiger partial charge in [0.2, 0.25) is 0 Å². The number of hydrogen-bond acceptors (Lipinski definition) is 2. The molecule has 80 valence electrons. The molecule has 0 atom stereocenters. The fraction of sp³-hybridized carbons (Fsp3) is 0.154. The van der Waals surface area contributed by atoms with Gasteiger partial charge in [-0.2, -0.15) is 5.26 Å². The molecule has 0 amide bonds. The minimum atomic E-state index is 0.654. The number of nitrogens with zero attached hydrogens (tertiary/aromatic N) is 2. The highest BCUT2D eigenvalue weighted by Crippen LogP contribution is 2.13. The number of rotatable bonds is 3. The maximum atomic E-state index is 8.93. The van der Waals surface area contributed by atoms with Crippen molar-refractivity contribution in [2.45, 2.75) is 6.54 Å². The van der Waals surface area contributed by atoms with Gasteiger partial charge in [0.15, 0.2) is 0 Å². The molecule has 2 rings (SSSR count). The van der Waals surface area contributed by atoms with E-state index >= 15 is 0 Å². The molecule has 2 aromatic rings. The Labute approximate surface area is 94.9 Å². The van der Waals surface area contributed by atoms with E-state index in [0.29, 0.717) is 5.69 Å². The van der Waals surface area contributed by atoms with E-state index in [-0.39, 0.29) is 0 Å². The van der Waals surface area contributed by atoms with Gasteiger partial charge in [-0.25, -0.2) is 0 Å². The molecule has 3 heteroatoms. The quantitative estimate of drug-likeness (QED) is 0.844. The first-order valence-electron chi connectivity index (χ1n) is 5.16. The van der Waals surface area contributed by atoms with Gasteiger partial charge in [0.25, 0.3) is 0 Å². The van der Waals surface area contributed by atoms with Crippen molar-refractivity contribution in [3.8, 4) is 11.8 Å². The van der Waals surface area contributed by atoms with Crippen LogP contribution >= 0.6 is 0 Å². The van der Waals surface area contributed by atoms with Crippen LogP contribution in [0, 0.1) is 11.3 Å².